The number of esters is 1. The third kappa shape index (κ3) is 35.2. The molecule has 0 aromatic rings. The number of nitrogens with one attached hydrogen (secondary N) is 5. The predicted molar refractivity (Wildman–Crippen MR) is 252 cm³/mol. The normalized spacial score (nSPS) is 14.3. The van der Waals surface area contributed by atoms with Crippen molar-refractivity contribution in [3.63, 3.8) is 0 Å². The van der Waals surface area contributed by atoms with E-state index in [1.165, 1.54) is 0 Å². The van der Waals surface area contributed by atoms with E-state index in [-0.39, 0.29) is 87.0 Å². The van der Waals surface area contributed by atoms with Crippen LogP contribution in [0.2, 0.25) is 0 Å². The van der Waals surface area contributed by atoms with Gasteiger partial charge in [0.15, 0.2) is 11.6 Å². The molecule has 1 atom stereocenters. The number of unbranched alkanes of at least 4 members (excludes halogenated alkanes) is 1. The minimum absolute atomic E-state index is 0.106. The maximum Gasteiger partial charge on any atom is 0.407 e. The molecular weight excluding hydrogens is 891 g/mol. The summed E-state index contributed by atoms with van der Waals surface area (Å²) in [7, 11) is 0. The molecule has 1 saturated carbocycles. The zero-order valence-electron chi connectivity index (χ0n) is 42.5. The van der Waals surface area contributed by atoms with Crippen LogP contribution in [-0.2, 0) is 66.5 Å². The maximum absolute atomic E-state index is 13.1. The number of hydrogen-bond donors (Lipinski definition) is 5. The Labute approximate surface area is 404 Å². The zero-order valence-corrected chi connectivity index (χ0v) is 42.5. The summed E-state index contributed by atoms with van der Waals surface area (Å²) in [5.41, 5.74) is -0.565. The number of carbonyl (C=O) groups is 6. The molecule has 0 spiro atoms. The summed E-state index contributed by atoms with van der Waals surface area (Å²) in [6.07, 6.45) is 1.80. The molecule has 21 nitrogen and oxygen atoms in total. The highest BCUT2D eigenvalue weighted by Crippen LogP contribution is 2.34. The van der Waals surface area contributed by atoms with Gasteiger partial charge in [0, 0.05) is 44.7 Å². The molecule has 394 valence electrons. The first-order valence-corrected chi connectivity index (χ1v) is 23.8. The minimum atomic E-state index is -0.832. The first-order valence-electron chi connectivity index (χ1n) is 23.8. The fourth-order valence-corrected chi connectivity index (χ4v) is 6.22. The summed E-state index contributed by atoms with van der Waals surface area (Å²) in [6, 6.07) is -1.36. The van der Waals surface area contributed by atoms with E-state index in [1.807, 2.05) is 13.8 Å². The molecule has 68 heavy (non-hydrogen) atoms. The fourth-order valence-electron chi connectivity index (χ4n) is 6.22. The summed E-state index contributed by atoms with van der Waals surface area (Å²) in [5.74, 6) is -0.919. The predicted octanol–water partition coefficient (Wildman–Crippen LogP) is 3.15. The van der Waals surface area contributed by atoms with Crippen molar-refractivity contribution in [1.82, 2.24) is 26.6 Å². The monoisotopic (exact) mass is 976 g/mol. The molecule has 0 unspecified atom stereocenters. The lowest BCUT2D eigenvalue weighted by molar-refractivity contribution is -0.156. The Bertz CT molecular complexity index is 1480. The Morgan fingerprint density at radius 1 is 0.529 bits per heavy atom. The molecule has 0 aromatic carbocycles. The molecule has 4 amide bonds. The third-order valence-corrected chi connectivity index (χ3v) is 9.24. The molecule has 0 bridgehead atoms. The highest BCUT2D eigenvalue weighted by molar-refractivity contribution is 6.22. The van der Waals surface area contributed by atoms with Gasteiger partial charge in [0.25, 0.3) is 0 Å². The number of allylic oxidation sites excluding steroid dienone is 2. The van der Waals surface area contributed by atoms with Gasteiger partial charge in [-0.05, 0) is 73.1 Å². The van der Waals surface area contributed by atoms with E-state index < -0.39 is 29.4 Å². The van der Waals surface area contributed by atoms with Crippen LogP contribution in [0.5, 0.6) is 0 Å². The van der Waals surface area contributed by atoms with Gasteiger partial charge in [-0.25, -0.2) is 9.59 Å². The minimum Gasteiger partial charge on any atom is -0.460 e. The van der Waals surface area contributed by atoms with Gasteiger partial charge in [0.05, 0.1) is 118 Å². The highest BCUT2D eigenvalue weighted by Gasteiger charge is 2.36. The summed E-state index contributed by atoms with van der Waals surface area (Å²) in [5, 5.41) is 14.0. The van der Waals surface area contributed by atoms with E-state index in [0.717, 1.165) is 0 Å². The lowest BCUT2D eigenvalue weighted by Crippen LogP contribution is -2.51. The Balaban J connectivity index is 2.13. The SMILES string of the molecule is CC(NCCOCCOCCOCCOCCOCCOCCNC(=O)[C@H](CCCCNC(=O)OC(C)(C)C)NC(=O)NCCOCCOCCC(=O)OC(C)(C)C)=C1C(=O)CC(C)(C)CC1=O. The molecule has 21 heteroatoms. The van der Waals surface area contributed by atoms with E-state index >= 15 is 0 Å². The van der Waals surface area contributed by atoms with Gasteiger partial charge in [-0.2, -0.15) is 0 Å². The number of ketones is 2. The van der Waals surface area contributed by atoms with E-state index in [2.05, 4.69) is 26.6 Å². The number of ether oxygens (including phenoxy) is 10. The second-order valence-corrected chi connectivity index (χ2v) is 18.7. The van der Waals surface area contributed by atoms with Crippen LogP contribution < -0.4 is 26.6 Å². The van der Waals surface area contributed by atoms with Crippen LogP contribution in [-0.4, -0.2) is 185 Å². The topological polar surface area (TPSA) is 255 Å². The van der Waals surface area contributed by atoms with E-state index in [1.54, 1.807) is 48.5 Å². The Kier molecular flexibility index (Phi) is 32.9. The van der Waals surface area contributed by atoms with Crippen LogP contribution >= 0.6 is 0 Å². The van der Waals surface area contributed by atoms with E-state index in [9.17, 15) is 28.8 Å². The van der Waals surface area contributed by atoms with Gasteiger partial charge in [-0.15, -0.1) is 0 Å². The molecular formula is C47H85N5O16. The number of rotatable bonds is 38. The van der Waals surface area contributed by atoms with Gasteiger partial charge in [0.2, 0.25) is 5.91 Å². The molecule has 1 aliphatic rings. The number of Topliss-reactive ketones (excluding diaryl/α,β-unsaturated/α-hetero) is 2. The second-order valence-electron chi connectivity index (χ2n) is 18.7. The second kappa shape index (κ2) is 36.1. The molecule has 0 saturated heterocycles. The van der Waals surface area contributed by atoms with Crippen LogP contribution in [0.15, 0.2) is 11.3 Å². The average molecular weight is 976 g/mol. The van der Waals surface area contributed by atoms with Crippen LogP contribution in [0.1, 0.15) is 101 Å². The first-order chi connectivity index (χ1) is 32.2. The third-order valence-electron chi connectivity index (χ3n) is 9.24. The number of carbonyl (C=O) groups excluding carboxylic acids is 6. The van der Waals surface area contributed by atoms with Gasteiger partial charge in [0.1, 0.15) is 17.2 Å². The number of urea groups is 1. The molecule has 5 N–H and O–H groups in total. The van der Waals surface area contributed by atoms with Gasteiger partial charge in [-0.3, -0.25) is 19.2 Å². The lowest BCUT2D eigenvalue weighted by atomic mass is 9.73. The van der Waals surface area contributed by atoms with Crippen LogP contribution in [0, 0.1) is 5.41 Å². The van der Waals surface area contributed by atoms with Gasteiger partial charge in [-0.1, -0.05) is 13.8 Å². The Hall–Kier alpha value is -3.96. The van der Waals surface area contributed by atoms with Crippen molar-refractivity contribution >= 4 is 35.6 Å². The van der Waals surface area contributed by atoms with Crippen molar-refractivity contribution in [3.8, 4) is 0 Å². The molecule has 0 radical (unpaired) electrons. The number of alkyl carbamates (subject to hydrolysis) is 1. The quantitative estimate of drug-likeness (QED) is 0.0258. The summed E-state index contributed by atoms with van der Waals surface area (Å²) in [4.78, 5) is 74.2. The van der Waals surface area contributed by atoms with Gasteiger partial charge >= 0.3 is 18.1 Å². The molecule has 0 aliphatic heterocycles. The maximum atomic E-state index is 13.1. The average Bonchev–Trinajstić information content (AvgIpc) is 3.22. The smallest absolute Gasteiger partial charge is 0.407 e. The number of amides is 4. The first kappa shape index (κ1) is 62.1. The van der Waals surface area contributed by atoms with Crippen molar-refractivity contribution in [2.75, 3.05) is 132 Å². The summed E-state index contributed by atoms with van der Waals surface area (Å²) < 4.78 is 54.6. The Morgan fingerprint density at radius 3 is 1.40 bits per heavy atom. The van der Waals surface area contributed by atoms with Gasteiger partial charge < -0.3 is 74.0 Å². The van der Waals surface area contributed by atoms with Crippen molar-refractivity contribution in [2.45, 2.75) is 118 Å². The standard InChI is InChI=1S/C47H85N5O16/c1-36(41-38(53)34-47(8,9)35-39(41)54)48-15-19-60-24-26-63-28-30-65-32-33-66-31-29-64-27-25-61-20-16-49-42(56)37(12-10-11-14-51-44(58)68-46(5,6)7)52-43(57)50-17-21-62-23-22-59-18-13-40(55)67-45(2,3)4/h37,48H,10-35H2,1-9H3,(H,49,56)(H,51,58)(H2,50,52,57)/t37-/m0/s1. The molecule has 0 heterocycles. The number of hydrogen-bond acceptors (Lipinski definition) is 17. The molecule has 1 rings (SSSR count). The van der Waals surface area contributed by atoms with Crippen molar-refractivity contribution in [1.29, 1.82) is 0 Å². The summed E-state index contributed by atoms with van der Waals surface area (Å²) in [6.45, 7) is 23.2. The largest absolute Gasteiger partial charge is 0.460 e. The van der Waals surface area contributed by atoms with E-state index in [0.29, 0.717) is 124 Å². The molecule has 0 aromatic heterocycles. The van der Waals surface area contributed by atoms with E-state index in [4.69, 9.17) is 47.4 Å². The lowest BCUT2D eigenvalue weighted by Gasteiger charge is -2.29. The zero-order chi connectivity index (χ0) is 50.7. The van der Waals surface area contributed by atoms with Crippen LogP contribution in [0.3, 0.4) is 0 Å². The molecule has 1 aliphatic carbocycles. The fraction of sp³-hybridized carbons (Fsp3) is 0.830. The Morgan fingerprint density at radius 2 is 0.941 bits per heavy atom. The van der Waals surface area contributed by atoms with Crippen LogP contribution in [0.4, 0.5) is 9.59 Å². The van der Waals surface area contributed by atoms with Crippen molar-refractivity contribution in [3.05, 3.63) is 11.3 Å². The van der Waals surface area contributed by atoms with Crippen LogP contribution in [0.25, 0.3) is 0 Å². The van der Waals surface area contributed by atoms with Crippen molar-refractivity contribution in [2.24, 2.45) is 5.41 Å². The molecule has 1 fully saturated rings. The van der Waals surface area contributed by atoms with Crippen molar-refractivity contribution < 1.29 is 76.1 Å². The highest BCUT2D eigenvalue weighted by atomic mass is 16.6. The summed E-state index contributed by atoms with van der Waals surface area (Å²) >= 11 is 0.